The van der Waals surface area contributed by atoms with Crippen LogP contribution in [0.3, 0.4) is 0 Å². The predicted molar refractivity (Wildman–Crippen MR) is 123 cm³/mol. The van der Waals surface area contributed by atoms with Gasteiger partial charge in [-0.15, -0.1) is 0 Å². The largest absolute Gasteiger partial charge is 0.442 e. The second-order valence-corrected chi connectivity index (χ2v) is 8.00. The first kappa shape index (κ1) is 27.5. The van der Waals surface area contributed by atoms with Crippen molar-refractivity contribution in [2.24, 2.45) is 0 Å². The van der Waals surface area contributed by atoms with E-state index in [1.54, 1.807) is 0 Å². The molecule has 4 atom stereocenters. The molecule has 0 amide bonds. The molecule has 34 heavy (non-hydrogen) atoms. The summed E-state index contributed by atoms with van der Waals surface area (Å²) in [5.74, 6) is 8.91. The van der Waals surface area contributed by atoms with Gasteiger partial charge in [0.05, 0.1) is 12.2 Å². The fraction of sp³-hybridized carbons (Fsp3) is 0.519. The number of methoxy groups -OCH3 is 1. The number of carbonyl (C=O) groups is 1. The van der Waals surface area contributed by atoms with Gasteiger partial charge in [0.25, 0.3) is 5.60 Å². The van der Waals surface area contributed by atoms with E-state index in [4.69, 9.17) is 14.2 Å². The fourth-order valence-electron chi connectivity index (χ4n) is 3.59. The molecule has 1 saturated heterocycles. The Hall–Kier alpha value is -2.74. The predicted octanol–water partition coefficient (Wildman–Crippen LogP) is 5.71. The van der Waals surface area contributed by atoms with E-state index in [2.05, 4.69) is 37.2 Å². The van der Waals surface area contributed by atoms with Gasteiger partial charge in [0, 0.05) is 19.1 Å². The Morgan fingerprint density at radius 2 is 1.85 bits per heavy atom. The fourth-order valence-corrected chi connectivity index (χ4v) is 3.59. The zero-order valence-corrected chi connectivity index (χ0v) is 19.6. The summed E-state index contributed by atoms with van der Waals surface area (Å²) in [7, 11) is 0.806. The number of halogens is 3. The van der Waals surface area contributed by atoms with Crippen LogP contribution in [0.1, 0.15) is 57.4 Å². The van der Waals surface area contributed by atoms with Gasteiger partial charge in [-0.3, -0.25) is 0 Å². The van der Waals surface area contributed by atoms with Crippen molar-refractivity contribution in [1.29, 1.82) is 0 Å². The molecule has 1 aromatic rings. The van der Waals surface area contributed by atoms with Crippen molar-refractivity contribution in [3.8, 4) is 23.7 Å². The zero-order chi connectivity index (χ0) is 25.0. The average Bonchev–Trinajstić information content (AvgIpc) is 3.56. The Labute approximate surface area is 199 Å². The standard InChI is InChI=1S/C27H31F3O4/c1-4-6-7-8-14-19-23-24(34-23)20-15-10-13-18-22(5-2)33-25(31)26(32-3,27(28,29)30)21-16-11-9-12-17-21/h5,9,11-12,16-17,22-24H,2,4,6-8,14,19-20H2,1,3H3/t22-,23-,24+,26+/m1/s1. The van der Waals surface area contributed by atoms with Crippen LogP contribution in [0.5, 0.6) is 0 Å². The minimum atomic E-state index is -5.06. The van der Waals surface area contributed by atoms with Crippen molar-refractivity contribution in [3.63, 3.8) is 0 Å². The number of epoxide rings is 1. The summed E-state index contributed by atoms with van der Waals surface area (Å²) in [5.41, 5.74) is -3.67. The van der Waals surface area contributed by atoms with Gasteiger partial charge in [0.1, 0.15) is 0 Å². The molecule has 1 fully saturated rings. The van der Waals surface area contributed by atoms with Gasteiger partial charge >= 0.3 is 12.1 Å². The maximum atomic E-state index is 13.9. The highest BCUT2D eigenvalue weighted by atomic mass is 19.4. The van der Waals surface area contributed by atoms with Crippen LogP contribution in [0.2, 0.25) is 0 Å². The number of ether oxygens (including phenoxy) is 3. The monoisotopic (exact) mass is 476 g/mol. The SMILES string of the molecule is C=C[C@H](C#CC#CC[C@@H]1O[C@@H]1CCCCCCC)OC(=O)[C@@](OC)(c1ccccc1)C(F)(F)F. The highest BCUT2D eigenvalue weighted by Gasteiger charge is 2.64. The van der Waals surface area contributed by atoms with E-state index in [0.29, 0.717) is 6.42 Å². The van der Waals surface area contributed by atoms with E-state index in [1.165, 1.54) is 43.9 Å². The van der Waals surface area contributed by atoms with Gasteiger partial charge in [-0.2, -0.15) is 13.2 Å². The normalized spacial score (nSPS) is 19.4. The lowest BCUT2D eigenvalue weighted by molar-refractivity contribution is -0.276. The Morgan fingerprint density at radius 1 is 1.15 bits per heavy atom. The van der Waals surface area contributed by atoms with Crippen LogP contribution < -0.4 is 0 Å². The van der Waals surface area contributed by atoms with E-state index in [-0.39, 0.29) is 12.2 Å². The number of carbonyl (C=O) groups excluding carboxylic acids is 1. The summed E-state index contributed by atoms with van der Waals surface area (Å²) < 4.78 is 57.1. The van der Waals surface area contributed by atoms with Crippen LogP contribution in [0.25, 0.3) is 0 Å². The molecule has 0 N–H and O–H groups in total. The van der Waals surface area contributed by atoms with Crippen molar-refractivity contribution >= 4 is 5.97 Å². The van der Waals surface area contributed by atoms with Gasteiger partial charge < -0.3 is 14.2 Å². The molecular weight excluding hydrogens is 445 g/mol. The first-order chi connectivity index (χ1) is 16.3. The molecular formula is C27H31F3O4. The third kappa shape index (κ3) is 7.38. The lowest BCUT2D eigenvalue weighted by atomic mass is 9.92. The smallest absolute Gasteiger partial charge is 0.432 e. The molecule has 1 aromatic carbocycles. The Kier molecular flexibility index (Phi) is 10.7. The first-order valence-corrected chi connectivity index (χ1v) is 11.4. The van der Waals surface area contributed by atoms with Gasteiger partial charge in [-0.05, 0) is 30.3 Å². The van der Waals surface area contributed by atoms with Crippen LogP contribution >= 0.6 is 0 Å². The summed E-state index contributed by atoms with van der Waals surface area (Å²) in [6.07, 6.45) is 2.77. The van der Waals surface area contributed by atoms with Gasteiger partial charge in [0.15, 0.2) is 6.10 Å². The van der Waals surface area contributed by atoms with Crippen LogP contribution in [0.4, 0.5) is 13.2 Å². The molecule has 0 unspecified atom stereocenters. The number of rotatable bonds is 12. The van der Waals surface area contributed by atoms with E-state index in [0.717, 1.165) is 38.2 Å². The molecule has 2 rings (SSSR count). The highest BCUT2D eigenvalue weighted by Crippen LogP contribution is 2.43. The molecule has 1 aliphatic heterocycles. The summed E-state index contributed by atoms with van der Waals surface area (Å²) in [5, 5.41) is 0. The quantitative estimate of drug-likeness (QED) is 0.127. The van der Waals surface area contributed by atoms with Crippen molar-refractivity contribution in [2.75, 3.05) is 7.11 Å². The molecule has 0 bridgehead atoms. The lowest BCUT2D eigenvalue weighted by Gasteiger charge is -2.32. The summed E-state index contributed by atoms with van der Waals surface area (Å²) in [4.78, 5) is 12.6. The first-order valence-electron chi connectivity index (χ1n) is 11.4. The van der Waals surface area contributed by atoms with Crippen LogP contribution in [0, 0.1) is 23.7 Å². The van der Waals surface area contributed by atoms with Crippen LogP contribution in [-0.4, -0.2) is 37.6 Å². The Balaban J connectivity index is 1.93. The molecule has 1 heterocycles. The summed E-state index contributed by atoms with van der Waals surface area (Å²) in [6.45, 7) is 5.66. The number of hydrogen-bond acceptors (Lipinski definition) is 4. The molecule has 0 aromatic heterocycles. The minimum absolute atomic E-state index is 0.105. The molecule has 0 radical (unpaired) electrons. The number of esters is 1. The number of unbranched alkanes of at least 4 members (excludes halogenated alkanes) is 4. The third-order valence-corrected chi connectivity index (χ3v) is 5.57. The second-order valence-electron chi connectivity index (χ2n) is 8.00. The van der Waals surface area contributed by atoms with E-state index >= 15 is 0 Å². The number of benzene rings is 1. The molecule has 0 aliphatic carbocycles. The van der Waals surface area contributed by atoms with Gasteiger partial charge in [-0.1, -0.05) is 81.9 Å². The van der Waals surface area contributed by atoms with Crippen molar-refractivity contribution in [1.82, 2.24) is 0 Å². The topological polar surface area (TPSA) is 48.1 Å². The van der Waals surface area contributed by atoms with E-state index < -0.39 is 29.4 Å². The zero-order valence-electron chi connectivity index (χ0n) is 19.6. The second kappa shape index (κ2) is 13.2. The molecule has 184 valence electrons. The number of alkyl halides is 3. The molecule has 0 spiro atoms. The summed E-state index contributed by atoms with van der Waals surface area (Å²) in [6, 6.07) is 6.59. The van der Waals surface area contributed by atoms with E-state index in [1.807, 2.05) is 0 Å². The van der Waals surface area contributed by atoms with Gasteiger partial charge in [0.2, 0.25) is 0 Å². The summed E-state index contributed by atoms with van der Waals surface area (Å²) >= 11 is 0. The van der Waals surface area contributed by atoms with Crippen LogP contribution in [0.15, 0.2) is 43.0 Å². The lowest BCUT2D eigenvalue weighted by Crippen LogP contribution is -2.52. The molecule has 4 nitrogen and oxygen atoms in total. The van der Waals surface area contributed by atoms with Crippen LogP contribution in [-0.2, 0) is 24.6 Å². The third-order valence-electron chi connectivity index (χ3n) is 5.57. The highest BCUT2D eigenvalue weighted by molar-refractivity contribution is 5.83. The van der Waals surface area contributed by atoms with Crippen molar-refractivity contribution in [2.45, 2.75) is 82.0 Å². The minimum Gasteiger partial charge on any atom is -0.442 e. The van der Waals surface area contributed by atoms with Crippen molar-refractivity contribution < 1.29 is 32.2 Å². The average molecular weight is 477 g/mol. The van der Waals surface area contributed by atoms with Gasteiger partial charge in [-0.25, -0.2) is 4.79 Å². The molecule has 0 saturated carbocycles. The molecule has 1 aliphatic rings. The number of hydrogen-bond donors (Lipinski definition) is 0. The maximum absolute atomic E-state index is 13.9. The Bertz CT molecular complexity index is 920. The Morgan fingerprint density at radius 3 is 2.47 bits per heavy atom. The van der Waals surface area contributed by atoms with Crippen molar-refractivity contribution in [3.05, 3.63) is 48.6 Å². The van der Waals surface area contributed by atoms with E-state index in [9.17, 15) is 18.0 Å². The maximum Gasteiger partial charge on any atom is 0.432 e. The molecule has 7 heteroatoms.